The number of carbonyl (C=O) groups excluding carboxylic acids is 2. The number of thioether (sulfide) groups is 1. The summed E-state index contributed by atoms with van der Waals surface area (Å²) in [5.41, 5.74) is 1.05. The maximum absolute atomic E-state index is 13.5. The van der Waals surface area contributed by atoms with Crippen LogP contribution in [0, 0.1) is 0 Å². The van der Waals surface area contributed by atoms with Gasteiger partial charge in [-0.25, -0.2) is 0 Å². The second-order valence-electron chi connectivity index (χ2n) is 8.25. The first kappa shape index (κ1) is 27.6. The highest BCUT2D eigenvalue weighted by molar-refractivity contribution is 8.00. The SMILES string of the molecule is CCCN(CC(=O)N(CCc1ccc(OC)c(OC)c1)Cc1cccs1)C(=O)CSc1ccccc1. The zero-order valence-electron chi connectivity index (χ0n) is 21.1. The van der Waals surface area contributed by atoms with E-state index in [-0.39, 0.29) is 18.4 Å². The smallest absolute Gasteiger partial charge is 0.242 e. The lowest BCUT2D eigenvalue weighted by Crippen LogP contribution is -2.44. The molecule has 1 aromatic heterocycles. The van der Waals surface area contributed by atoms with Crippen molar-refractivity contribution >= 4 is 34.9 Å². The number of ether oxygens (including phenoxy) is 2. The van der Waals surface area contributed by atoms with E-state index < -0.39 is 0 Å². The minimum absolute atomic E-state index is 0.0185. The van der Waals surface area contributed by atoms with Gasteiger partial charge < -0.3 is 19.3 Å². The minimum atomic E-state index is -0.0459. The van der Waals surface area contributed by atoms with E-state index in [2.05, 4.69) is 0 Å². The van der Waals surface area contributed by atoms with Gasteiger partial charge in [-0.05, 0) is 54.1 Å². The fourth-order valence-electron chi connectivity index (χ4n) is 3.76. The average Bonchev–Trinajstić information content (AvgIpc) is 3.43. The number of benzene rings is 2. The van der Waals surface area contributed by atoms with Crippen LogP contribution in [0.2, 0.25) is 0 Å². The molecule has 0 radical (unpaired) electrons. The quantitative estimate of drug-likeness (QED) is 0.265. The zero-order chi connectivity index (χ0) is 25.8. The maximum atomic E-state index is 13.5. The molecule has 0 saturated carbocycles. The molecule has 2 aromatic carbocycles. The lowest BCUT2D eigenvalue weighted by Gasteiger charge is -2.27. The van der Waals surface area contributed by atoms with E-state index in [0.717, 1.165) is 21.8 Å². The summed E-state index contributed by atoms with van der Waals surface area (Å²) in [7, 11) is 3.23. The van der Waals surface area contributed by atoms with E-state index in [1.165, 1.54) is 11.8 Å². The molecule has 0 bridgehead atoms. The molecular formula is C28H34N2O4S2. The predicted octanol–water partition coefficient (Wildman–Crippen LogP) is 5.37. The molecule has 0 aliphatic heterocycles. The van der Waals surface area contributed by atoms with Gasteiger partial charge in [-0.1, -0.05) is 37.3 Å². The molecule has 2 amide bonds. The lowest BCUT2D eigenvalue weighted by molar-refractivity contribution is -0.139. The molecule has 0 aliphatic carbocycles. The van der Waals surface area contributed by atoms with Gasteiger partial charge in [0.2, 0.25) is 11.8 Å². The topological polar surface area (TPSA) is 59.1 Å². The van der Waals surface area contributed by atoms with Crippen LogP contribution in [0.5, 0.6) is 11.5 Å². The van der Waals surface area contributed by atoms with Gasteiger partial charge in [-0.2, -0.15) is 0 Å². The first-order chi connectivity index (χ1) is 17.5. The van der Waals surface area contributed by atoms with E-state index in [4.69, 9.17) is 9.47 Å². The van der Waals surface area contributed by atoms with Gasteiger partial charge in [-0.3, -0.25) is 9.59 Å². The van der Waals surface area contributed by atoms with Crippen molar-refractivity contribution in [1.82, 2.24) is 9.80 Å². The minimum Gasteiger partial charge on any atom is -0.493 e. The Morgan fingerprint density at radius 3 is 2.33 bits per heavy atom. The molecule has 3 rings (SSSR count). The Balaban J connectivity index is 1.67. The Hall–Kier alpha value is -2.97. The number of carbonyl (C=O) groups is 2. The van der Waals surface area contributed by atoms with E-state index in [9.17, 15) is 9.59 Å². The first-order valence-corrected chi connectivity index (χ1v) is 13.9. The van der Waals surface area contributed by atoms with Crippen molar-refractivity contribution in [2.75, 3.05) is 39.6 Å². The number of rotatable bonds is 14. The van der Waals surface area contributed by atoms with Gasteiger partial charge in [0.1, 0.15) is 0 Å². The van der Waals surface area contributed by atoms with Gasteiger partial charge in [0.15, 0.2) is 11.5 Å². The molecule has 8 heteroatoms. The van der Waals surface area contributed by atoms with Crippen LogP contribution in [0.15, 0.2) is 70.9 Å². The van der Waals surface area contributed by atoms with Crippen molar-refractivity contribution in [2.45, 2.75) is 31.2 Å². The summed E-state index contributed by atoms with van der Waals surface area (Å²) >= 11 is 3.13. The maximum Gasteiger partial charge on any atom is 0.242 e. The number of nitrogens with zero attached hydrogens (tertiary/aromatic N) is 2. The van der Waals surface area contributed by atoms with Crippen molar-refractivity contribution < 1.29 is 19.1 Å². The number of thiophene rings is 1. The predicted molar refractivity (Wildman–Crippen MR) is 147 cm³/mol. The molecular weight excluding hydrogens is 492 g/mol. The van der Waals surface area contributed by atoms with Crippen LogP contribution in [-0.2, 0) is 22.6 Å². The number of hydrogen-bond donors (Lipinski definition) is 0. The molecule has 1 heterocycles. The third-order valence-electron chi connectivity index (χ3n) is 5.68. The summed E-state index contributed by atoms with van der Waals surface area (Å²) in [5.74, 6) is 1.59. The molecule has 192 valence electrons. The summed E-state index contributed by atoms with van der Waals surface area (Å²) in [4.78, 5) is 32.2. The molecule has 6 nitrogen and oxygen atoms in total. The van der Waals surface area contributed by atoms with Crippen LogP contribution >= 0.6 is 23.1 Å². The van der Waals surface area contributed by atoms with Crippen LogP contribution in [0.4, 0.5) is 0 Å². The van der Waals surface area contributed by atoms with Gasteiger partial charge in [0.05, 0.1) is 33.1 Å². The van der Waals surface area contributed by atoms with Crippen molar-refractivity contribution in [1.29, 1.82) is 0 Å². The molecule has 0 saturated heterocycles. The average molecular weight is 527 g/mol. The second-order valence-corrected chi connectivity index (χ2v) is 10.3. The third kappa shape index (κ3) is 8.31. The Labute approximate surface area is 222 Å². The Morgan fingerprint density at radius 1 is 0.889 bits per heavy atom. The molecule has 0 fully saturated rings. The first-order valence-electron chi connectivity index (χ1n) is 12.0. The third-order valence-corrected chi connectivity index (χ3v) is 7.53. The molecule has 0 atom stereocenters. The highest BCUT2D eigenvalue weighted by Crippen LogP contribution is 2.28. The largest absolute Gasteiger partial charge is 0.493 e. The second kappa shape index (κ2) is 14.6. The van der Waals surface area contributed by atoms with Gasteiger partial charge in [0.25, 0.3) is 0 Å². The standard InChI is InChI=1S/C28H34N2O4S2/c1-4-15-29(28(32)21-36-23-9-6-5-7-10-23)20-27(31)30(19-24-11-8-17-35-24)16-14-22-12-13-25(33-2)26(18-22)34-3/h5-13,17-18H,4,14-16,19-21H2,1-3H3. The highest BCUT2D eigenvalue weighted by atomic mass is 32.2. The normalized spacial score (nSPS) is 10.6. The Kier molecular flexibility index (Phi) is 11.2. The molecule has 0 spiro atoms. The fraction of sp³-hybridized carbons (Fsp3) is 0.357. The molecule has 0 aliphatic rings. The summed E-state index contributed by atoms with van der Waals surface area (Å²) in [6, 6.07) is 19.7. The van der Waals surface area contributed by atoms with Crippen LogP contribution in [0.3, 0.4) is 0 Å². The summed E-state index contributed by atoms with van der Waals surface area (Å²) < 4.78 is 10.8. The van der Waals surface area contributed by atoms with Crippen molar-refractivity contribution in [3.05, 3.63) is 76.5 Å². The van der Waals surface area contributed by atoms with Gasteiger partial charge >= 0.3 is 0 Å². The highest BCUT2D eigenvalue weighted by Gasteiger charge is 2.22. The van der Waals surface area contributed by atoms with Crippen LogP contribution < -0.4 is 9.47 Å². The van der Waals surface area contributed by atoms with Crippen LogP contribution in [0.1, 0.15) is 23.8 Å². The van der Waals surface area contributed by atoms with E-state index in [1.807, 2.05) is 77.9 Å². The fourth-order valence-corrected chi connectivity index (χ4v) is 5.30. The number of hydrogen-bond acceptors (Lipinski definition) is 6. The zero-order valence-corrected chi connectivity index (χ0v) is 22.8. The van der Waals surface area contributed by atoms with Crippen molar-refractivity contribution in [3.8, 4) is 11.5 Å². The molecule has 0 N–H and O–H groups in total. The van der Waals surface area contributed by atoms with E-state index in [0.29, 0.717) is 43.3 Å². The number of amides is 2. The van der Waals surface area contributed by atoms with Gasteiger partial charge in [-0.15, -0.1) is 23.1 Å². The molecule has 36 heavy (non-hydrogen) atoms. The molecule has 3 aromatic rings. The van der Waals surface area contributed by atoms with Crippen LogP contribution in [-0.4, -0.2) is 61.2 Å². The Bertz CT molecular complexity index is 1090. The van der Waals surface area contributed by atoms with Gasteiger partial charge in [0, 0.05) is 22.9 Å². The van der Waals surface area contributed by atoms with E-state index >= 15 is 0 Å². The summed E-state index contributed by atoms with van der Waals surface area (Å²) in [6.07, 6.45) is 1.47. The summed E-state index contributed by atoms with van der Waals surface area (Å²) in [5, 5.41) is 2.01. The van der Waals surface area contributed by atoms with Crippen LogP contribution in [0.25, 0.3) is 0 Å². The summed E-state index contributed by atoms with van der Waals surface area (Å²) in [6.45, 7) is 3.73. The van der Waals surface area contributed by atoms with E-state index in [1.54, 1.807) is 30.5 Å². The Morgan fingerprint density at radius 2 is 1.67 bits per heavy atom. The molecule has 0 unspecified atom stereocenters. The van der Waals surface area contributed by atoms with Crippen molar-refractivity contribution in [3.63, 3.8) is 0 Å². The monoisotopic (exact) mass is 526 g/mol. The lowest BCUT2D eigenvalue weighted by atomic mass is 10.1. The van der Waals surface area contributed by atoms with Crippen molar-refractivity contribution in [2.24, 2.45) is 0 Å². The number of methoxy groups -OCH3 is 2.